The van der Waals surface area contributed by atoms with Crippen LogP contribution in [0.2, 0.25) is 0 Å². The molecule has 5 heavy (non-hydrogen) atoms. The second kappa shape index (κ2) is 71.4. The quantitative estimate of drug-likeness (QED) is 0.515. The van der Waals surface area contributed by atoms with Crippen LogP contribution in [0.3, 0.4) is 0 Å². The second-order valence-corrected chi connectivity index (χ2v) is 0. The Labute approximate surface area is 55.3 Å². The van der Waals surface area contributed by atoms with Gasteiger partial charge in [-0.2, -0.15) is 0 Å². The maximum atomic E-state index is 7.94. The predicted octanol–water partition coefficient (Wildman–Crippen LogP) is -0.245. The van der Waals surface area contributed by atoms with E-state index in [-0.39, 0.29) is 16.5 Å². The van der Waals surface area contributed by atoms with Gasteiger partial charge in [0.25, 0.3) is 0 Å². The van der Waals surface area contributed by atoms with E-state index in [1.54, 1.807) is 0 Å². The molecule has 0 aliphatic rings. The molecule has 0 amide bonds. The van der Waals surface area contributed by atoms with Gasteiger partial charge in [-0.25, -0.2) is 0 Å². The van der Waals surface area contributed by atoms with E-state index in [0.29, 0.717) is 0 Å². The molecule has 0 saturated carbocycles. The van der Waals surface area contributed by atoms with Crippen molar-refractivity contribution in [2.45, 2.75) is 0 Å². The zero-order chi connectivity index (χ0) is 4.00. The first-order chi connectivity index (χ1) is 2.00. The van der Waals surface area contributed by atoms with Crippen molar-refractivity contribution in [1.29, 1.82) is 0 Å². The number of rotatable bonds is 0. The molecule has 0 bridgehead atoms. The molecule has 0 radical (unpaired) electrons. The minimum atomic E-state index is 0. The van der Waals surface area contributed by atoms with Gasteiger partial charge in [0.15, 0.2) is 0 Å². The van der Waals surface area contributed by atoms with E-state index in [1.807, 2.05) is 0 Å². The zero-order valence-corrected chi connectivity index (χ0v) is 4.80. The molecule has 0 aromatic rings. The third kappa shape index (κ3) is 40.8. The molecular weight excluding hydrogens is 208 g/mol. The summed E-state index contributed by atoms with van der Waals surface area (Å²) in [6, 6.07) is 0. The molecule has 0 aromatic heterocycles. The van der Waals surface area contributed by atoms with Crippen LogP contribution in [0.4, 0.5) is 0 Å². The molecule has 0 spiro atoms. The van der Waals surface area contributed by atoms with Gasteiger partial charge in [0.2, 0.25) is 0 Å². The third-order valence-electron chi connectivity index (χ3n) is 0. The molecule has 0 rings (SSSR count). The van der Waals surface area contributed by atoms with Crippen LogP contribution >= 0.6 is 0 Å². The van der Waals surface area contributed by atoms with Gasteiger partial charge in [0, 0.05) is 16.5 Å². The molecule has 2 nitrogen and oxygen atoms in total. The predicted molar refractivity (Wildman–Crippen MR) is 1.37 cm³/mol. The van der Waals surface area contributed by atoms with Crippen molar-refractivity contribution in [3.63, 3.8) is 0 Å². The van der Waals surface area contributed by atoms with Crippen LogP contribution < -0.4 is 0 Å². The van der Waals surface area contributed by atoms with Crippen molar-refractivity contribution in [2.75, 3.05) is 0 Å². The Morgan fingerprint density at radius 2 is 1.20 bits per heavy atom. The van der Waals surface area contributed by atoms with Crippen LogP contribution in [0.15, 0.2) is 0 Å². The Hall–Kier alpha value is 1.09. The summed E-state index contributed by atoms with van der Waals surface area (Å²) in [6.45, 7) is 0. The van der Waals surface area contributed by atoms with Crippen molar-refractivity contribution in [2.24, 2.45) is 0 Å². The van der Waals surface area contributed by atoms with Gasteiger partial charge >= 0.3 is 38.8 Å². The van der Waals surface area contributed by atoms with Gasteiger partial charge in [0.05, 0.1) is 0 Å². The molecule has 41 valence electrons. The zero-order valence-electron chi connectivity index (χ0n) is 1.78. The van der Waals surface area contributed by atoms with Crippen LogP contribution in [-0.2, 0) is 55.3 Å². The van der Waals surface area contributed by atoms with Crippen LogP contribution in [0.5, 0.6) is 0 Å². The van der Waals surface area contributed by atoms with Crippen molar-refractivity contribution in [3.05, 3.63) is 0 Å². The molecule has 0 heterocycles. The normalized spacial score (nSPS) is 2.20. The van der Waals surface area contributed by atoms with Gasteiger partial charge in [-0.05, 0) is 0 Å². The first-order valence-corrected chi connectivity index (χ1v) is 1.09. The van der Waals surface area contributed by atoms with E-state index >= 15 is 0 Å². The minimum absolute atomic E-state index is 0. The second-order valence-electron chi connectivity index (χ2n) is 0. The van der Waals surface area contributed by atoms with E-state index < -0.39 is 0 Å². The van der Waals surface area contributed by atoms with E-state index in [2.05, 4.69) is 31.1 Å². The third-order valence-corrected chi connectivity index (χ3v) is 0. The molecule has 5 heteroatoms. The SMILES string of the molecule is [Ni].[O]=[Co].[O]=[Ni]. The van der Waals surface area contributed by atoms with Crippen molar-refractivity contribution >= 4 is 0 Å². The van der Waals surface area contributed by atoms with E-state index in [4.69, 9.17) is 7.76 Å². The molecular formula is CoNi2O2. The fraction of sp³-hybridized carbons (Fsp3) is 0. The number of hydrogen-bond donors (Lipinski definition) is 0. The topological polar surface area (TPSA) is 34.1 Å². The first kappa shape index (κ1) is 16.5. The average molecular weight is 208 g/mol. The van der Waals surface area contributed by atoms with Crippen LogP contribution in [-0.4, -0.2) is 0 Å². The van der Waals surface area contributed by atoms with Gasteiger partial charge in [0.1, 0.15) is 0 Å². The monoisotopic (exact) mass is 207 g/mol. The van der Waals surface area contributed by atoms with Gasteiger partial charge in [-0.3, -0.25) is 0 Å². The molecule has 0 aromatic carbocycles. The van der Waals surface area contributed by atoms with Gasteiger partial charge in [-0.15, -0.1) is 0 Å². The van der Waals surface area contributed by atoms with E-state index in [1.165, 1.54) is 0 Å². The molecule has 0 aliphatic carbocycles. The summed E-state index contributed by atoms with van der Waals surface area (Å²) in [7, 11) is 0. The number of hydrogen-bond acceptors (Lipinski definition) is 2. The Kier molecular flexibility index (Phi) is 236. The molecule has 0 saturated heterocycles. The van der Waals surface area contributed by atoms with Crippen molar-refractivity contribution in [3.8, 4) is 0 Å². The average Bonchev–Trinajstić information content (AvgIpc) is 1.50. The standard InChI is InChI=1S/Co.2Ni.2O. The molecule has 0 aliphatic heterocycles. The van der Waals surface area contributed by atoms with Crippen molar-refractivity contribution in [1.82, 2.24) is 0 Å². The van der Waals surface area contributed by atoms with Gasteiger partial charge in [-0.1, -0.05) is 0 Å². The van der Waals surface area contributed by atoms with Crippen LogP contribution in [0.1, 0.15) is 0 Å². The Morgan fingerprint density at radius 3 is 1.20 bits per heavy atom. The van der Waals surface area contributed by atoms with Crippen molar-refractivity contribution < 1.29 is 55.3 Å². The molecule has 0 unspecified atom stereocenters. The van der Waals surface area contributed by atoms with E-state index in [9.17, 15) is 0 Å². The van der Waals surface area contributed by atoms with Crippen LogP contribution in [0.25, 0.3) is 0 Å². The van der Waals surface area contributed by atoms with Crippen LogP contribution in [0, 0.1) is 0 Å². The van der Waals surface area contributed by atoms with Gasteiger partial charge < -0.3 is 0 Å². The Balaban J connectivity index is -0.0000000133. The fourth-order valence-corrected chi connectivity index (χ4v) is 0. The molecule has 0 fully saturated rings. The summed E-state index contributed by atoms with van der Waals surface area (Å²) in [5.74, 6) is 0. The molecule has 0 atom stereocenters. The Morgan fingerprint density at radius 1 is 1.20 bits per heavy atom. The first-order valence-electron chi connectivity index (χ1n) is 0.265. The Bertz CT molecular complexity index is 9.61. The fourth-order valence-electron chi connectivity index (χ4n) is 0. The summed E-state index contributed by atoms with van der Waals surface area (Å²) in [4.78, 5) is 0. The summed E-state index contributed by atoms with van der Waals surface area (Å²) >= 11 is 4.94. The summed E-state index contributed by atoms with van der Waals surface area (Å²) in [6.07, 6.45) is 0. The maximum absolute atomic E-state index is 7.94. The van der Waals surface area contributed by atoms with E-state index in [0.717, 1.165) is 0 Å². The summed E-state index contributed by atoms with van der Waals surface area (Å²) in [5, 5.41) is 0. The summed E-state index contributed by atoms with van der Waals surface area (Å²) in [5.41, 5.74) is 0. The summed E-state index contributed by atoms with van der Waals surface area (Å²) < 4.78 is 15.8. The molecule has 0 N–H and O–H groups in total.